The molecule has 0 saturated carbocycles. The van der Waals surface area contributed by atoms with Crippen molar-refractivity contribution < 1.29 is 0 Å². The number of aliphatic imine (C=N–C) groups is 1. The molecule has 0 spiro atoms. The molecule has 4 heterocycles. The van der Waals surface area contributed by atoms with Crippen LogP contribution >= 0.6 is 0 Å². The summed E-state index contributed by atoms with van der Waals surface area (Å²) in [6, 6.07) is 40.0. The van der Waals surface area contributed by atoms with Crippen LogP contribution in [0.1, 0.15) is 12.5 Å². The van der Waals surface area contributed by atoms with Gasteiger partial charge in [0.15, 0.2) is 17.5 Å². The Morgan fingerprint density at radius 1 is 0.510 bits per heavy atom. The molecule has 234 valence electrons. The van der Waals surface area contributed by atoms with Crippen molar-refractivity contribution in [3.63, 3.8) is 0 Å². The predicted molar refractivity (Wildman–Crippen MR) is 198 cm³/mol. The lowest BCUT2D eigenvalue weighted by molar-refractivity contribution is 1.07. The van der Waals surface area contributed by atoms with Gasteiger partial charge in [-0.1, -0.05) is 78.9 Å². The summed E-state index contributed by atoms with van der Waals surface area (Å²) in [5, 5.41) is 0. The number of hydrogen-bond donors (Lipinski definition) is 0. The van der Waals surface area contributed by atoms with Crippen LogP contribution in [0.25, 0.3) is 73.6 Å². The van der Waals surface area contributed by atoms with Crippen LogP contribution in [0.4, 0.5) is 0 Å². The lowest BCUT2D eigenvalue weighted by Crippen LogP contribution is -2.01. The van der Waals surface area contributed by atoms with Gasteiger partial charge in [0.1, 0.15) is 0 Å². The van der Waals surface area contributed by atoms with Crippen molar-refractivity contribution in [3.8, 4) is 67.9 Å². The molecule has 0 atom stereocenters. The van der Waals surface area contributed by atoms with Crippen molar-refractivity contribution in [1.29, 1.82) is 0 Å². The third-order valence-electron chi connectivity index (χ3n) is 7.91. The minimum atomic E-state index is 0.536. The van der Waals surface area contributed by atoms with E-state index < -0.39 is 0 Å². The molecule has 0 amide bonds. The van der Waals surface area contributed by atoms with E-state index in [1.54, 1.807) is 18.6 Å². The molecule has 4 aromatic heterocycles. The van der Waals surface area contributed by atoms with E-state index >= 15 is 0 Å². The molecule has 0 N–H and O–H groups in total. The zero-order valence-electron chi connectivity index (χ0n) is 26.8. The predicted octanol–water partition coefficient (Wildman–Crippen LogP) is 9.68. The summed E-state index contributed by atoms with van der Waals surface area (Å²) in [6.07, 6.45) is 11.2. The topological polar surface area (TPSA) is 89.7 Å². The van der Waals surface area contributed by atoms with Crippen molar-refractivity contribution >= 4 is 12.4 Å². The first-order valence-corrected chi connectivity index (χ1v) is 15.9. The maximum atomic E-state index is 5.05. The molecule has 7 aromatic rings. The van der Waals surface area contributed by atoms with E-state index in [9.17, 15) is 0 Å². The fourth-order valence-electron chi connectivity index (χ4n) is 5.42. The third kappa shape index (κ3) is 7.01. The number of aromatic nitrogens is 6. The molecule has 7 rings (SSSR count). The summed E-state index contributed by atoms with van der Waals surface area (Å²) in [5.41, 5.74) is 9.71. The standard InChI is InChI=1S/C42H31N7/c1-3-4-11-36(43-2)29-15-19-31(20-16-29)40-47-41(32-21-17-30(18-22-32)37-12-5-8-23-44-37)49-42(48-40)35-27-33(38-13-6-9-24-45-38)26-34(28-35)39-14-7-10-25-46-39/h3-28H,2H2,1H3/b4-3-,36-11-. The van der Waals surface area contributed by atoms with E-state index in [0.717, 1.165) is 61.7 Å². The Hall–Kier alpha value is -6.73. The van der Waals surface area contributed by atoms with Crippen LogP contribution in [0.2, 0.25) is 0 Å². The van der Waals surface area contributed by atoms with Gasteiger partial charge in [-0.2, -0.15) is 0 Å². The first-order valence-electron chi connectivity index (χ1n) is 15.9. The van der Waals surface area contributed by atoms with E-state index in [1.807, 2.05) is 128 Å². The highest BCUT2D eigenvalue weighted by Crippen LogP contribution is 2.33. The fraction of sp³-hybridized carbons (Fsp3) is 0.0238. The SMILES string of the molecule is C=N/C(=C\C=C/C)c1ccc(-c2nc(-c3ccc(-c4ccccn4)cc3)nc(-c3cc(-c4ccccn4)cc(-c4ccccn4)c3)n2)cc1. The van der Waals surface area contributed by atoms with Crippen molar-refractivity contribution in [1.82, 2.24) is 29.9 Å². The monoisotopic (exact) mass is 633 g/mol. The molecule has 7 heteroatoms. The molecule has 3 aromatic carbocycles. The molecular weight excluding hydrogens is 603 g/mol. The second-order valence-electron chi connectivity index (χ2n) is 11.1. The maximum Gasteiger partial charge on any atom is 0.164 e. The Balaban J connectivity index is 1.38. The summed E-state index contributed by atoms with van der Waals surface area (Å²) in [4.78, 5) is 33.0. The van der Waals surface area contributed by atoms with E-state index in [4.69, 9.17) is 15.0 Å². The second kappa shape index (κ2) is 14.4. The number of pyridine rings is 3. The fourth-order valence-corrected chi connectivity index (χ4v) is 5.42. The number of allylic oxidation sites excluding steroid dienone is 3. The first kappa shape index (κ1) is 30.9. The third-order valence-corrected chi connectivity index (χ3v) is 7.91. The Labute approximate surface area is 285 Å². The van der Waals surface area contributed by atoms with E-state index in [1.165, 1.54) is 0 Å². The molecule has 0 aliphatic heterocycles. The van der Waals surface area contributed by atoms with Crippen molar-refractivity contribution in [3.05, 3.63) is 164 Å². The normalized spacial score (nSPS) is 11.5. The van der Waals surface area contributed by atoms with Gasteiger partial charge in [0.2, 0.25) is 0 Å². The highest BCUT2D eigenvalue weighted by Gasteiger charge is 2.16. The molecule has 0 saturated heterocycles. The van der Waals surface area contributed by atoms with Crippen LogP contribution in [-0.4, -0.2) is 36.6 Å². The molecule has 7 nitrogen and oxygen atoms in total. The molecular formula is C42H31N7. The molecule has 0 aliphatic carbocycles. The quantitative estimate of drug-likeness (QED) is 0.116. The smallest absolute Gasteiger partial charge is 0.164 e. The van der Waals surface area contributed by atoms with Gasteiger partial charge >= 0.3 is 0 Å². The summed E-state index contributed by atoms with van der Waals surface area (Å²) in [6.45, 7) is 5.71. The number of rotatable bonds is 9. The van der Waals surface area contributed by atoms with Gasteiger partial charge in [0.05, 0.1) is 22.8 Å². The average Bonchev–Trinajstić information content (AvgIpc) is 3.19. The zero-order chi connectivity index (χ0) is 33.4. The summed E-state index contributed by atoms with van der Waals surface area (Å²) >= 11 is 0. The Morgan fingerprint density at radius 2 is 0.939 bits per heavy atom. The number of benzene rings is 3. The van der Waals surface area contributed by atoms with Crippen LogP contribution in [0.15, 0.2) is 163 Å². The van der Waals surface area contributed by atoms with Crippen LogP contribution in [0.5, 0.6) is 0 Å². The van der Waals surface area contributed by atoms with Crippen molar-refractivity contribution in [2.75, 3.05) is 0 Å². The van der Waals surface area contributed by atoms with Gasteiger partial charge in [-0.25, -0.2) is 15.0 Å². The summed E-state index contributed by atoms with van der Waals surface area (Å²) in [7, 11) is 0. The van der Waals surface area contributed by atoms with Crippen LogP contribution in [0, 0.1) is 0 Å². The minimum absolute atomic E-state index is 0.536. The summed E-state index contributed by atoms with van der Waals surface area (Å²) < 4.78 is 0. The van der Waals surface area contributed by atoms with E-state index in [0.29, 0.717) is 17.5 Å². The van der Waals surface area contributed by atoms with E-state index in [-0.39, 0.29) is 0 Å². The van der Waals surface area contributed by atoms with Crippen LogP contribution in [-0.2, 0) is 0 Å². The van der Waals surface area contributed by atoms with Crippen molar-refractivity contribution in [2.45, 2.75) is 6.92 Å². The second-order valence-corrected chi connectivity index (χ2v) is 11.1. The number of nitrogens with zero attached hydrogens (tertiary/aromatic N) is 7. The first-order chi connectivity index (χ1) is 24.2. The van der Waals surface area contributed by atoms with Gasteiger partial charge in [0, 0.05) is 57.5 Å². The van der Waals surface area contributed by atoms with Crippen LogP contribution in [0.3, 0.4) is 0 Å². The molecule has 0 radical (unpaired) electrons. The van der Waals surface area contributed by atoms with Gasteiger partial charge < -0.3 is 0 Å². The summed E-state index contributed by atoms with van der Waals surface area (Å²) in [5.74, 6) is 1.64. The van der Waals surface area contributed by atoms with Crippen molar-refractivity contribution in [2.24, 2.45) is 4.99 Å². The molecule has 0 unspecified atom stereocenters. The number of hydrogen-bond acceptors (Lipinski definition) is 7. The molecule has 0 fully saturated rings. The van der Waals surface area contributed by atoms with E-state index in [2.05, 4.69) is 44.9 Å². The lowest BCUT2D eigenvalue weighted by Gasteiger charge is -2.12. The maximum absolute atomic E-state index is 5.05. The average molecular weight is 634 g/mol. The van der Waals surface area contributed by atoms with Gasteiger partial charge in [-0.3, -0.25) is 19.9 Å². The molecule has 49 heavy (non-hydrogen) atoms. The van der Waals surface area contributed by atoms with Crippen LogP contribution < -0.4 is 0 Å². The Morgan fingerprint density at radius 3 is 1.39 bits per heavy atom. The molecule has 0 aliphatic rings. The minimum Gasteiger partial charge on any atom is -0.264 e. The Bertz CT molecular complexity index is 2210. The largest absolute Gasteiger partial charge is 0.264 e. The highest BCUT2D eigenvalue weighted by atomic mass is 15.0. The lowest BCUT2D eigenvalue weighted by atomic mass is 10.00. The van der Waals surface area contributed by atoms with Gasteiger partial charge in [-0.15, -0.1) is 0 Å². The highest BCUT2D eigenvalue weighted by molar-refractivity contribution is 5.79. The van der Waals surface area contributed by atoms with Gasteiger partial charge in [-0.05, 0) is 74.3 Å². The Kier molecular flexibility index (Phi) is 9.05. The van der Waals surface area contributed by atoms with Gasteiger partial charge in [0.25, 0.3) is 0 Å². The molecule has 0 bridgehead atoms. The zero-order valence-corrected chi connectivity index (χ0v) is 26.8.